The number of carboxylic acid groups (broad SMARTS) is 3. The fraction of sp³-hybridized carbons (Fsp3) is 0.429. The molecule has 0 aliphatic carbocycles. The molecule has 0 bridgehead atoms. The van der Waals surface area contributed by atoms with Gasteiger partial charge in [-0.15, -0.1) is 0 Å². The number of aliphatic carboxylic acids is 2. The van der Waals surface area contributed by atoms with E-state index < -0.39 is 42.5 Å². The molecule has 10 heteroatoms. The number of hydrogen-bond donors (Lipinski definition) is 4. The molecular formula is C7H8DyO9. The van der Waals surface area contributed by atoms with E-state index in [-0.39, 0.29) is 38.2 Å². The standard InChI is InChI=1S/C7H8O9.Dy/c8-3(9)1-7(15,5(11)12)2-4(10)16-6(13)14;/h15H,1-2H2,(H,8,9)(H,11,12)(H,13,14);. The molecule has 17 heavy (non-hydrogen) atoms. The van der Waals surface area contributed by atoms with E-state index in [0.717, 1.165) is 0 Å². The van der Waals surface area contributed by atoms with Gasteiger partial charge in [-0.1, -0.05) is 0 Å². The number of rotatable bonds is 5. The average Bonchev–Trinajstić information content (AvgIpc) is 1.98. The first-order chi connectivity index (χ1) is 7.17. The van der Waals surface area contributed by atoms with E-state index in [9.17, 15) is 24.3 Å². The Balaban J connectivity index is 0. The number of ether oxygens (including phenoxy) is 1. The first-order valence-electron chi connectivity index (χ1n) is 3.78. The zero-order chi connectivity index (χ0) is 12.9. The molecule has 0 spiro atoms. The summed E-state index contributed by atoms with van der Waals surface area (Å²) in [7, 11) is 0. The summed E-state index contributed by atoms with van der Waals surface area (Å²) < 4.78 is 3.54. The summed E-state index contributed by atoms with van der Waals surface area (Å²) in [5, 5.41) is 34.1. The minimum absolute atomic E-state index is 0. The fourth-order valence-corrected chi connectivity index (χ4v) is 0.836. The van der Waals surface area contributed by atoms with E-state index in [2.05, 4.69) is 4.74 Å². The molecule has 0 amide bonds. The molecule has 0 heterocycles. The molecule has 1 unspecified atom stereocenters. The van der Waals surface area contributed by atoms with Crippen LogP contribution >= 0.6 is 0 Å². The van der Waals surface area contributed by atoms with Gasteiger partial charge in [0.15, 0.2) is 5.60 Å². The maximum Gasteiger partial charge on any atom is 0.513 e. The molecule has 0 aromatic carbocycles. The van der Waals surface area contributed by atoms with Gasteiger partial charge in [-0.2, -0.15) is 0 Å². The van der Waals surface area contributed by atoms with Crippen molar-refractivity contribution in [2.75, 3.05) is 0 Å². The summed E-state index contributed by atoms with van der Waals surface area (Å²) in [5.74, 6) is -5.18. The number of carbonyl (C=O) groups excluding carboxylic acids is 1. The van der Waals surface area contributed by atoms with Gasteiger partial charge < -0.3 is 25.2 Å². The maximum atomic E-state index is 10.7. The smallest absolute Gasteiger partial charge is 0.481 e. The average molecular weight is 399 g/mol. The minimum Gasteiger partial charge on any atom is -0.481 e. The molecule has 0 aliphatic heterocycles. The van der Waals surface area contributed by atoms with Crippen LogP contribution in [0.2, 0.25) is 0 Å². The Morgan fingerprint density at radius 2 is 1.47 bits per heavy atom. The van der Waals surface area contributed by atoms with Crippen LogP contribution in [-0.2, 0) is 19.1 Å². The van der Waals surface area contributed by atoms with E-state index in [1.165, 1.54) is 0 Å². The van der Waals surface area contributed by atoms with Crippen LogP contribution in [0.15, 0.2) is 0 Å². The predicted molar refractivity (Wildman–Crippen MR) is 43.6 cm³/mol. The van der Waals surface area contributed by atoms with Gasteiger partial charge in [0.05, 0.1) is 12.8 Å². The normalized spacial score (nSPS) is 12.8. The molecular weight excluding hydrogens is 391 g/mol. The molecule has 100 valence electrons. The Labute approximate surface area is 124 Å². The SMILES string of the molecule is O=C(O)CC(O)(CC(=O)OC(=O)O)C(=O)O.[Dy]. The number of aliphatic hydroxyl groups is 1. The van der Waals surface area contributed by atoms with Gasteiger partial charge in [-0.05, 0) is 0 Å². The maximum absolute atomic E-state index is 10.7. The molecule has 0 aliphatic rings. The molecule has 0 saturated heterocycles. The van der Waals surface area contributed by atoms with Gasteiger partial charge in [0.2, 0.25) is 0 Å². The van der Waals surface area contributed by atoms with Gasteiger partial charge in [0, 0.05) is 38.2 Å². The second-order valence-electron chi connectivity index (χ2n) is 2.82. The number of esters is 1. The van der Waals surface area contributed by atoms with Crippen molar-refractivity contribution >= 4 is 24.1 Å². The molecule has 9 nitrogen and oxygen atoms in total. The van der Waals surface area contributed by atoms with E-state index in [0.29, 0.717) is 0 Å². The number of hydrogen-bond acceptors (Lipinski definition) is 6. The molecule has 1 atom stereocenters. The third-order valence-electron chi connectivity index (χ3n) is 1.48. The molecule has 0 aromatic rings. The molecule has 4 N–H and O–H groups in total. The Morgan fingerprint density at radius 1 is 1.00 bits per heavy atom. The van der Waals surface area contributed by atoms with Crippen molar-refractivity contribution in [1.29, 1.82) is 0 Å². The third-order valence-corrected chi connectivity index (χ3v) is 1.48. The Hall–Kier alpha value is -0.887. The predicted octanol–water partition coefficient (Wildman–Crippen LogP) is -1.11. The van der Waals surface area contributed by atoms with Gasteiger partial charge >= 0.3 is 24.1 Å². The van der Waals surface area contributed by atoms with Gasteiger partial charge in [-0.3, -0.25) is 9.59 Å². The summed E-state index contributed by atoms with van der Waals surface area (Å²) in [5.41, 5.74) is -2.89. The molecule has 0 saturated carbocycles. The third kappa shape index (κ3) is 7.11. The summed E-state index contributed by atoms with van der Waals surface area (Å²) >= 11 is 0. The number of carbonyl (C=O) groups is 4. The van der Waals surface area contributed by atoms with Crippen LogP contribution in [0.5, 0.6) is 0 Å². The van der Waals surface area contributed by atoms with Gasteiger partial charge in [0.1, 0.15) is 0 Å². The summed E-state index contributed by atoms with van der Waals surface area (Å²) in [6.07, 6.45) is -4.51. The monoisotopic (exact) mass is 400 g/mol. The first-order valence-corrected chi connectivity index (χ1v) is 3.78. The van der Waals surface area contributed by atoms with E-state index >= 15 is 0 Å². The van der Waals surface area contributed by atoms with Gasteiger partial charge in [0.25, 0.3) is 0 Å². The van der Waals surface area contributed by atoms with Crippen molar-refractivity contribution in [2.45, 2.75) is 18.4 Å². The van der Waals surface area contributed by atoms with Crippen LogP contribution < -0.4 is 0 Å². The molecule has 0 fully saturated rings. The quantitative estimate of drug-likeness (QED) is 0.332. The largest absolute Gasteiger partial charge is 0.513 e. The van der Waals surface area contributed by atoms with Crippen molar-refractivity contribution in [3.8, 4) is 0 Å². The Morgan fingerprint density at radius 3 is 1.76 bits per heavy atom. The first kappa shape index (κ1) is 18.5. The topological polar surface area (TPSA) is 158 Å². The van der Waals surface area contributed by atoms with Crippen LogP contribution in [0.1, 0.15) is 12.8 Å². The zero-order valence-electron chi connectivity index (χ0n) is 8.06. The Kier molecular flexibility index (Phi) is 8.09. The van der Waals surface area contributed by atoms with Crippen molar-refractivity contribution in [2.24, 2.45) is 0 Å². The Bertz CT molecular complexity index is 338. The van der Waals surface area contributed by atoms with E-state index in [1.54, 1.807) is 0 Å². The van der Waals surface area contributed by atoms with E-state index in [4.69, 9.17) is 15.3 Å². The zero-order valence-corrected chi connectivity index (χ0v) is 10.1. The summed E-state index contributed by atoms with van der Waals surface area (Å²) in [4.78, 5) is 41.4. The summed E-state index contributed by atoms with van der Waals surface area (Å²) in [6, 6.07) is 0. The van der Waals surface area contributed by atoms with E-state index in [1.807, 2.05) is 0 Å². The molecule has 0 rings (SSSR count). The van der Waals surface area contributed by atoms with Crippen LogP contribution in [0.25, 0.3) is 0 Å². The summed E-state index contributed by atoms with van der Waals surface area (Å²) in [6.45, 7) is 0. The van der Waals surface area contributed by atoms with Crippen LogP contribution in [0, 0.1) is 38.2 Å². The van der Waals surface area contributed by atoms with Crippen molar-refractivity contribution in [3.63, 3.8) is 0 Å². The number of carboxylic acids is 2. The van der Waals surface area contributed by atoms with Crippen LogP contribution in [-0.4, -0.2) is 50.1 Å². The van der Waals surface area contributed by atoms with Crippen molar-refractivity contribution in [1.82, 2.24) is 0 Å². The van der Waals surface area contributed by atoms with Gasteiger partial charge in [-0.25, -0.2) is 9.59 Å². The second kappa shape index (κ2) is 7.44. The second-order valence-corrected chi connectivity index (χ2v) is 2.82. The molecule has 0 radical (unpaired) electrons. The van der Waals surface area contributed by atoms with Crippen molar-refractivity contribution < 1.29 is 82.5 Å². The van der Waals surface area contributed by atoms with Crippen LogP contribution in [0.4, 0.5) is 4.79 Å². The van der Waals surface area contributed by atoms with Crippen LogP contribution in [0.3, 0.4) is 0 Å². The molecule has 0 aromatic heterocycles. The van der Waals surface area contributed by atoms with Crippen molar-refractivity contribution in [3.05, 3.63) is 0 Å². The fourth-order valence-electron chi connectivity index (χ4n) is 0.836. The minimum atomic E-state index is -2.89.